The third-order valence-corrected chi connectivity index (χ3v) is 5.18. The highest BCUT2D eigenvalue weighted by Crippen LogP contribution is 2.50. The first-order valence-corrected chi connectivity index (χ1v) is 8.12. The Labute approximate surface area is 130 Å². The van der Waals surface area contributed by atoms with Gasteiger partial charge in [0, 0.05) is 23.6 Å². The molecule has 2 unspecified atom stereocenters. The lowest BCUT2D eigenvalue weighted by atomic mass is 9.94. The monoisotopic (exact) mass is 295 g/mol. The first-order valence-electron chi connectivity index (χ1n) is 8.12. The van der Waals surface area contributed by atoms with Gasteiger partial charge in [-0.25, -0.2) is 9.97 Å². The largest absolute Gasteiger partial charge is 0.316 e. The standard InChI is InChI=1S/C18H21N3O/c1-10(7-16(22)17-13-8-19-9-14(13)17)18-12-5-3-4-6-15(12)20-11(2)21-18/h3-6,10,13-14,17,19H,7-9H2,1-2H3/t10?,13-,14+,17?. The second-order valence-corrected chi connectivity index (χ2v) is 6.76. The van der Waals surface area contributed by atoms with E-state index in [4.69, 9.17) is 0 Å². The SMILES string of the molecule is Cc1nc(C(C)CC(=O)C2[C@H]3CNC[C@@H]23)c2ccccc2n1. The molecule has 1 aliphatic carbocycles. The van der Waals surface area contributed by atoms with Crippen LogP contribution in [0.2, 0.25) is 0 Å². The van der Waals surface area contributed by atoms with E-state index in [1.54, 1.807) is 0 Å². The Morgan fingerprint density at radius 1 is 1.27 bits per heavy atom. The predicted octanol–water partition coefficient (Wildman–Crippen LogP) is 2.47. The van der Waals surface area contributed by atoms with Crippen LogP contribution in [0.3, 0.4) is 0 Å². The van der Waals surface area contributed by atoms with Crippen LogP contribution in [0.5, 0.6) is 0 Å². The van der Waals surface area contributed by atoms with Gasteiger partial charge < -0.3 is 5.32 Å². The summed E-state index contributed by atoms with van der Waals surface area (Å²) in [7, 11) is 0. The van der Waals surface area contributed by atoms with Gasteiger partial charge in [-0.1, -0.05) is 25.1 Å². The number of ketones is 1. The molecule has 2 heterocycles. The Morgan fingerprint density at radius 2 is 2.00 bits per heavy atom. The highest BCUT2D eigenvalue weighted by molar-refractivity contribution is 5.87. The number of carbonyl (C=O) groups excluding carboxylic acids is 1. The fraction of sp³-hybridized carbons (Fsp3) is 0.500. The summed E-state index contributed by atoms with van der Waals surface area (Å²) in [5.41, 5.74) is 1.98. The van der Waals surface area contributed by atoms with Crippen molar-refractivity contribution in [2.45, 2.75) is 26.2 Å². The van der Waals surface area contributed by atoms with E-state index in [1.807, 2.05) is 25.1 Å². The average Bonchev–Trinajstić information content (AvgIpc) is 2.99. The molecule has 0 spiro atoms. The molecule has 114 valence electrons. The maximum Gasteiger partial charge on any atom is 0.137 e. The summed E-state index contributed by atoms with van der Waals surface area (Å²) in [4.78, 5) is 21.7. The van der Waals surface area contributed by atoms with Crippen molar-refractivity contribution in [3.05, 3.63) is 35.8 Å². The van der Waals surface area contributed by atoms with Crippen molar-refractivity contribution in [3.8, 4) is 0 Å². The zero-order chi connectivity index (χ0) is 15.3. The van der Waals surface area contributed by atoms with Gasteiger partial charge in [0.2, 0.25) is 0 Å². The number of nitrogens with zero attached hydrogens (tertiary/aromatic N) is 2. The van der Waals surface area contributed by atoms with E-state index in [0.717, 1.165) is 35.5 Å². The smallest absolute Gasteiger partial charge is 0.137 e. The number of aromatic nitrogens is 2. The summed E-state index contributed by atoms with van der Waals surface area (Å²) in [5, 5.41) is 4.43. The predicted molar refractivity (Wildman–Crippen MR) is 85.7 cm³/mol. The highest BCUT2D eigenvalue weighted by Gasteiger charge is 2.56. The maximum absolute atomic E-state index is 12.6. The van der Waals surface area contributed by atoms with Gasteiger partial charge in [0.05, 0.1) is 11.2 Å². The number of benzene rings is 1. The Bertz CT molecular complexity index is 732. The number of piperidine rings is 1. The van der Waals surface area contributed by atoms with Gasteiger partial charge in [0.15, 0.2) is 0 Å². The molecule has 1 aliphatic heterocycles. The van der Waals surface area contributed by atoms with E-state index in [-0.39, 0.29) is 5.92 Å². The molecule has 4 rings (SSSR count). The minimum Gasteiger partial charge on any atom is -0.316 e. The Kier molecular flexibility index (Phi) is 3.22. The lowest BCUT2D eigenvalue weighted by Crippen LogP contribution is -2.20. The Morgan fingerprint density at radius 3 is 2.77 bits per heavy atom. The summed E-state index contributed by atoms with van der Waals surface area (Å²) >= 11 is 0. The lowest BCUT2D eigenvalue weighted by molar-refractivity contribution is -0.121. The molecule has 4 atom stereocenters. The molecule has 4 nitrogen and oxygen atoms in total. The topological polar surface area (TPSA) is 54.9 Å². The van der Waals surface area contributed by atoms with E-state index < -0.39 is 0 Å². The summed E-state index contributed by atoms with van der Waals surface area (Å²) in [5.74, 6) is 2.85. The van der Waals surface area contributed by atoms with E-state index in [0.29, 0.717) is 30.0 Å². The second kappa shape index (κ2) is 5.13. The number of fused-ring (bicyclic) bond motifs is 2. The molecule has 1 aromatic carbocycles. The molecule has 2 aliphatic rings. The molecule has 1 saturated heterocycles. The third-order valence-electron chi connectivity index (χ3n) is 5.18. The van der Waals surface area contributed by atoms with Crippen molar-refractivity contribution < 1.29 is 4.79 Å². The minimum atomic E-state index is 0.147. The van der Waals surface area contributed by atoms with Crippen LogP contribution in [0.4, 0.5) is 0 Å². The van der Waals surface area contributed by atoms with E-state index >= 15 is 0 Å². The zero-order valence-electron chi connectivity index (χ0n) is 13.0. The van der Waals surface area contributed by atoms with Crippen molar-refractivity contribution in [2.24, 2.45) is 17.8 Å². The molecule has 2 aromatic rings. The molecule has 0 amide bonds. The van der Waals surface area contributed by atoms with Crippen molar-refractivity contribution in [2.75, 3.05) is 13.1 Å². The fourth-order valence-electron chi connectivity index (χ4n) is 4.03. The Hall–Kier alpha value is -1.81. The van der Waals surface area contributed by atoms with Gasteiger partial charge in [-0.15, -0.1) is 0 Å². The van der Waals surface area contributed by atoms with Crippen molar-refractivity contribution >= 4 is 16.7 Å². The summed E-state index contributed by atoms with van der Waals surface area (Å²) < 4.78 is 0. The number of carbonyl (C=O) groups is 1. The van der Waals surface area contributed by atoms with Crippen LogP contribution >= 0.6 is 0 Å². The number of para-hydroxylation sites is 1. The van der Waals surface area contributed by atoms with Gasteiger partial charge in [0.25, 0.3) is 0 Å². The summed E-state index contributed by atoms with van der Waals surface area (Å²) in [6.07, 6.45) is 0.595. The van der Waals surface area contributed by atoms with Crippen molar-refractivity contribution in [3.63, 3.8) is 0 Å². The molecule has 1 aromatic heterocycles. The first kappa shape index (κ1) is 13.8. The fourth-order valence-corrected chi connectivity index (χ4v) is 4.03. The van der Waals surface area contributed by atoms with E-state index in [9.17, 15) is 4.79 Å². The van der Waals surface area contributed by atoms with Gasteiger partial charge in [0.1, 0.15) is 11.6 Å². The zero-order valence-corrected chi connectivity index (χ0v) is 13.0. The maximum atomic E-state index is 12.6. The second-order valence-electron chi connectivity index (χ2n) is 6.76. The Balaban J connectivity index is 1.57. The molecule has 0 radical (unpaired) electrons. The molecule has 22 heavy (non-hydrogen) atoms. The molecule has 1 saturated carbocycles. The van der Waals surface area contributed by atoms with E-state index in [1.165, 1.54) is 0 Å². The summed E-state index contributed by atoms with van der Waals surface area (Å²) in [6, 6.07) is 8.07. The van der Waals surface area contributed by atoms with Gasteiger partial charge in [-0.2, -0.15) is 0 Å². The van der Waals surface area contributed by atoms with Crippen LogP contribution in [0.25, 0.3) is 10.9 Å². The minimum absolute atomic E-state index is 0.147. The van der Waals surface area contributed by atoms with Crippen molar-refractivity contribution in [1.82, 2.24) is 15.3 Å². The molecule has 4 heteroatoms. The quantitative estimate of drug-likeness (QED) is 0.941. The summed E-state index contributed by atoms with van der Waals surface area (Å²) in [6.45, 7) is 6.07. The van der Waals surface area contributed by atoms with Crippen LogP contribution in [-0.2, 0) is 4.79 Å². The van der Waals surface area contributed by atoms with Gasteiger partial charge >= 0.3 is 0 Å². The number of Topliss-reactive ketones (excluding diaryl/α,β-unsaturated/α-hetero) is 1. The van der Waals surface area contributed by atoms with Crippen molar-refractivity contribution in [1.29, 1.82) is 0 Å². The van der Waals surface area contributed by atoms with Crippen LogP contribution < -0.4 is 5.32 Å². The van der Waals surface area contributed by atoms with Gasteiger partial charge in [-0.05, 0) is 37.9 Å². The average molecular weight is 295 g/mol. The number of nitrogens with one attached hydrogen (secondary N) is 1. The van der Waals surface area contributed by atoms with Crippen LogP contribution in [-0.4, -0.2) is 28.8 Å². The van der Waals surface area contributed by atoms with E-state index in [2.05, 4.69) is 28.3 Å². The van der Waals surface area contributed by atoms with Crippen LogP contribution in [0, 0.1) is 24.7 Å². The molecule has 2 fully saturated rings. The normalized spacial score (nSPS) is 27.6. The van der Waals surface area contributed by atoms with Gasteiger partial charge in [-0.3, -0.25) is 4.79 Å². The number of rotatable bonds is 4. The number of hydrogen-bond donors (Lipinski definition) is 1. The van der Waals surface area contributed by atoms with Crippen LogP contribution in [0.15, 0.2) is 24.3 Å². The molecule has 1 N–H and O–H groups in total. The highest BCUT2D eigenvalue weighted by atomic mass is 16.1. The first-order chi connectivity index (χ1) is 10.6. The number of hydrogen-bond acceptors (Lipinski definition) is 4. The lowest BCUT2D eigenvalue weighted by Gasteiger charge is -2.14. The third kappa shape index (κ3) is 2.22. The number of aryl methyl sites for hydroxylation is 1. The molecular weight excluding hydrogens is 274 g/mol. The van der Waals surface area contributed by atoms with Crippen LogP contribution in [0.1, 0.15) is 30.8 Å². The molecular formula is C18H21N3O. The molecule has 0 bridgehead atoms.